The molecule has 2 saturated heterocycles. The molecule has 0 atom stereocenters. The molecule has 0 aromatic heterocycles. The van der Waals surface area contributed by atoms with Gasteiger partial charge in [0.05, 0.1) is 5.60 Å². The van der Waals surface area contributed by atoms with Gasteiger partial charge in [-0.1, -0.05) is 6.92 Å². The SMILES string of the molecule is CCN1CCC(O)(CN2CCNCC2)CC1. The number of piperazine rings is 1. The molecule has 2 aliphatic heterocycles. The third kappa shape index (κ3) is 3.17. The first-order valence-corrected chi connectivity index (χ1v) is 6.60. The maximum Gasteiger partial charge on any atom is 0.0798 e. The number of likely N-dealkylation sites (tertiary alicyclic amines) is 1. The molecule has 2 aliphatic rings. The molecule has 0 saturated carbocycles. The molecule has 2 fully saturated rings. The molecule has 0 unspecified atom stereocenters. The van der Waals surface area contributed by atoms with Gasteiger partial charge in [-0.2, -0.15) is 0 Å². The van der Waals surface area contributed by atoms with Gasteiger partial charge in [0.15, 0.2) is 0 Å². The van der Waals surface area contributed by atoms with Gasteiger partial charge in [-0.05, 0) is 19.4 Å². The van der Waals surface area contributed by atoms with E-state index in [0.717, 1.165) is 65.2 Å². The van der Waals surface area contributed by atoms with E-state index in [2.05, 4.69) is 22.0 Å². The molecule has 4 nitrogen and oxygen atoms in total. The molecule has 16 heavy (non-hydrogen) atoms. The van der Waals surface area contributed by atoms with Crippen LogP contribution in [0.5, 0.6) is 0 Å². The number of nitrogens with one attached hydrogen (secondary N) is 1. The number of rotatable bonds is 3. The van der Waals surface area contributed by atoms with Gasteiger partial charge >= 0.3 is 0 Å². The highest BCUT2D eigenvalue weighted by molar-refractivity contribution is 4.89. The second-order valence-electron chi connectivity index (χ2n) is 5.18. The Morgan fingerprint density at radius 1 is 1.06 bits per heavy atom. The van der Waals surface area contributed by atoms with E-state index in [0.29, 0.717) is 0 Å². The van der Waals surface area contributed by atoms with E-state index in [4.69, 9.17) is 0 Å². The number of piperidine rings is 1. The maximum absolute atomic E-state index is 10.5. The van der Waals surface area contributed by atoms with Crippen LogP contribution in [0.1, 0.15) is 19.8 Å². The Balaban J connectivity index is 1.79. The summed E-state index contributed by atoms with van der Waals surface area (Å²) in [6.07, 6.45) is 1.87. The van der Waals surface area contributed by atoms with Crippen molar-refractivity contribution in [3.05, 3.63) is 0 Å². The van der Waals surface area contributed by atoms with Crippen molar-refractivity contribution < 1.29 is 5.11 Å². The van der Waals surface area contributed by atoms with Crippen molar-refractivity contribution in [3.8, 4) is 0 Å². The van der Waals surface area contributed by atoms with Gasteiger partial charge < -0.3 is 15.3 Å². The first-order valence-electron chi connectivity index (χ1n) is 6.60. The zero-order chi connectivity index (χ0) is 11.4. The normalized spacial score (nSPS) is 28.1. The Morgan fingerprint density at radius 3 is 2.25 bits per heavy atom. The quantitative estimate of drug-likeness (QED) is 0.697. The summed E-state index contributed by atoms with van der Waals surface area (Å²) < 4.78 is 0. The van der Waals surface area contributed by atoms with E-state index in [1.807, 2.05) is 0 Å². The van der Waals surface area contributed by atoms with Crippen molar-refractivity contribution >= 4 is 0 Å². The summed E-state index contributed by atoms with van der Waals surface area (Å²) in [5.41, 5.74) is -0.428. The van der Waals surface area contributed by atoms with Gasteiger partial charge in [0.1, 0.15) is 0 Å². The number of hydrogen-bond donors (Lipinski definition) is 2. The zero-order valence-electron chi connectivity index (χ0n) is 10.4. The van der Waals surface area contributed by atoms with E-state index in [-0.39, 0.29) is 0 Å². The van der Waals surface area contributed by atoms with Crippen molar-refractivity contribution in [2.45, 2.75) is 25.4 Å². The highest BCUT2D eigenvalue weighted by atomic mass is 16.3. The summed E-state index contributed by atoms with van der Waals surface area (Å²) in [4.78, 5) is 4.82. The van der Waals surface area contributed by atoms with Crippen LogP contribution < -0.4 is 5.32 Å². The highest BCUT2D eigenvalue weighted by Crippen LogP contribution is 2.23. The Labute approximate surface area is 98.6 Å². The minimum atomic E-state index is -0.428. The van der Waals surface area contributed by atoms with Gasteiger partial charge in [0.25, 0.3) is 0 Å². The first-order chi connectivity index (χ1) is 7.72. The Bertz CT molecular complexity index is 208. The second-order valence-corrected chi connectivity index (χ2v) is 5.18. The second kappa shape index (κ2) is 5.45. The molecule has 0 radical (unpaired) electrons. The highest BCUT2D eigenvalue weighted by Gasteiger charge is 2.33. The van der Waals surface area contributed by atoms with Crippen LogP contribution in [0.3, 0.4) is 0 Å². The standard InChI is InChI=1S/C12H25N3O/c1-2-14-7-3-12(16,4-8-14)11-15-9-5-13-6-10-15/h13,16H,2-11H2,1H3. The lowest BCUT2D eigenvalue weighted by Gasteiger charge is -2.41. The topological polar surface area (TPSA) is 38.7 Å². The lowest BCUT2D eigenvalue weighted by atomic mass is 9.90. The molecular formula is C12H25N3O. The van der Waals surface area contributed by atoms with E-state index in [1.54, 1.807) is 0 Å². The smallest absolute Gasteiger partial charge is 0.0798 e. The predicted octanol–water partition coefficient (Wildman–Crippen LogP) is -0.262. The fourth-order valence-corrected chi connectivity index (χ4v) is 2.73. The average Bonchev–Trinajstić information content (AvgIpc) is 2.31. The minimum absolute atomic E-state index is 0.428. The van der Waals surface area contributed by atoms with Crippen LogP contribution in [0.4, 0.5) is 0 Å². The molecular weight excluding hydrogens is 202 g/mol. The molecule has 94 valence electrons. The van der Waals surface area contributed by atoms with E-state index < -0.39 is 5.60 Å². The number of β-amino-alcohol motifs (C(OH)–C–C–N with tert-alkyl or cyclic N) is 1. The predicted molar refractivity (Wildman–Crippen MR) is 65.6 cm³/mol. The van der Waals surface area contributed by atoms with Gasteiger partial charge in [0.2, 0.25) is 0 Å². The van der Waals surface area contributed by atoms with Crippen molar-refractivity contribution in [2.24, 2.45) is 0 Å². The molecule has 2 rings (SSSR count). The third-order valence-electron chi connectivity index (χ3n) is 3.96. The maximum atomic E-state index is 10.5. The number of nitrogens with zero attached hydrogens (tertiary/aromatic N) is 2. The summed E-state index contributed by atoms with van der Waals surface area (Å²) in [5, 5.41) is 13.9. The van der Waals surface area contributed by atoms with Crippen molar-refractivity contribution in [1.82, 2.24) is 15.1 Å². The molecule has 0 aromatic rings. The molecule has 2 heterocycles. The van der Waals surface area contributed by atoms with Crippen molar-refractivity contribution in [3.63, 3.8) is 0 Å². The van der Waals surface area contributed by atoms with Crippen LogP contribution in [-0.2, 0) is 0 Å². The molecule has 0 aromatic carbocycles. The average molecular weight is 227 g/mol. The monoisotopic (exact) mass is 227 g/mol. The van der Waals surface area contributed by atoms with Gasteiger partial charge in [-0.15, -0.1) is 0 Å². The van der Waals surface area contributed by atoms with Crippen molar-refractivity contribution in [1.29, 1.82) is 0 Å². The number of hydrogen-bond acceptors (Lipinski definition) is 4. The van der Waals surface area contributed by atoms with Crippen molar-refractivity contribution in [2.75, 3.05) is 52.4 Å². The van der Waals surface area contributed by atoms with Gasteiger partial charge in [-0.25, -0.2) is 0 Å². The minimum Gasteiger partial charge on any atom is -0.388 e. The zero-order valence-corrected chi connectivity index (χ0v) is 10.4. The van der Waals surface area contributed by atoms with Crippen LogP contribution in [0.2, 0.25) is 0 Å². The summed E-state index contributed by atoms with van der Waals surface area (Å²) in [7, 11) is 0. The lowest BCUT2D eigenvalue weighted by molar-refractivity contribution is -0.0460. The molecule has 2 N–H and O–H groups in total. The summed E-state index contributed by atoms with van der Waals surface area (Å²) >= 11 is 0. The molecule has 0 spiro atoms. The molecule has 0 aliphatic carbocycles. The molecule has 4 heteroatoms. The van der Waals surface area contributed by atoms with Crippen LogP contribution in [-0.4, -0.2) is 72.9 Å². The summed E-state index contributed by atoms with van der Waals surface area (Å²) in [5.74, 6) is 0. The first kappa shape index (κ1) is 12.3. The van der Waals surface area contributed by atoms with Gasteiger partial charge in [-0.3, -0.25) is 4.90 Å². The number of aliphatic hydroxyl groups is 1. The van der Waals surface area contributed by atoms with Crippen LogP contribution in [0.15, 0.2) is 0 Å². The Morgan fingerprint density at radius 2 is 1.69 bits per heavy atom. The largest absolute Gasteiger partial charge is 0.388 e. The van der Waals surface area contributed by atoms with Crippen LogP contribution in [0.25, 0.3) is 0 Å². The fraction of sp³-hybridized carbons (Fsp3) is 1.00. The Hall–Kier alpha value is -0.160. The lowest BCUT2D eigenvalue weighted by Crippen LogP contribution is -2.54. The molecule has 0 amide bonds. The van der Waals surface area contributed by atoms with E-state index in [9.17, 15) is 5.11 Å². The fourth-order valence-electron chi connectivity index (χ4n) is 2.73. The van der Waals surface area contributed by atoms with Crippen LogP contribution in [0, 0.1) is 0 Å². The molecule has 0 bridgehead atoms. The van der Waals surface area contributed by atoms with Gasteiger partial charge in [0, 0.05) is 45.8 Å². The van der Waals surface area contributed by atoms with E-state index >= 15 is 0 Å². The summed E-state index contributed by atoms with van der Waals surface area (Å²) in [6.45, 7) is 10.6. The Kier molecular flexibility index (Phi) is 4.19. The summed E-state index contributed by atoms with van der Waals surface area (Å²) in [6, 6.07) is 0. The van der Waals surface area contributed by atoms with E-state index in [1.165, 1.54) is 0 Å². The van der Waals surface area contributed by atoms with Crippen LogP contribution >= 0.6 is 0 Å². The third-order valence-corrected chi connectivity index (χ3v) is 3.96.